The van der Waals surface area contributed by atoms with Crippen molar-refractivity contribution in [2.24, 2.45) is 0 Å². The molecule has 0 amide bonds. The first-order chi connectivity index (χ1) is 18.6. The van der Waals surface area contributed by atoms with E-state index in [1.54, 1.807) is 11.8 Å². The SMILES string of the molecule is C[C@@H](CC(=O)O)S[C@H](CCc1ccccc1C(C)(C)O)c1cccc(CCc2ccc3ccc(Cl)cc3n2)c1. The Balaban J connectivity index is 1.52. The van der Waals surface area contributed by atoms with Gasteiger partial charge in [-0.3, -0.25) is 9.78 Å². The molecule has 1 aromatic heterocycles. The van der Waals surface area contributed by atoms with E-state index < -0.39 is 11.6 Å². The normalized spacial score (nSPS) is 13.4. The molecule has 6 heteroatoms. The third kappa shape index (κ3) is 8.31. The van der Waals surface area contributed by atoms with Crippen molar-refractivity contribution in [1.82, 2.24) is 4.98 Å². The summed E-state index contributed by atoms with van der Waals surface area (Å²) in [5.74, 6) is -0.779. The number of carboxylic acids is 1. The molecule has 0 saturated carbocycles. The second-order valence-corrected chi connectivity index (χ2v) is 12.8. The Hall–Kier alpha value is -2.86. The van der Waals surface area contributed by atoms with E-state index in [4.69, 9.17) is 16.6 Å². The monoisotopic (exact) mass is 561 g/mol. The lowest BCUT2D eigenvalue weighted by Gasteiger charge is -2.24. The standard InChI is InChI=1S/C33H36ClNO3S/c1-22(19-32(36)37)39-31(18-14-24-8-4-5-10-29(24)33(2,3)38)26-9-6-7-23(20-26)11-16-28-17-13-25-12-15-27(34)21-30(25)35-28/h4-10,12-13,15,17,20-22,31,38H,11,14,16,18-19H2,1-3H3,(H,36,37)/t22-,31+/m0/s1. The number of benzene rings is 3. The minimum atomic E-state index is -0.919. The number of hydrogen-bond donors (Lipinski definition) is 2. The molecular weight excluding hydrogens is 526 g/mol. The van der Waals surface area contributed by atoms with Crippen LogP contribution in [0.15, 0.2) is 78.9 Å². The van der Waals surface area contributed by atoms with Crippen molar-refractivity contribution < 1.29 is 15.0 Å². The second kappa shape index (κ2) is 13.0. The number of aromatic nitrogens is 1. The van der Waals surface area contributed by atoms with Gasteiger partial charge in [0, 0.05) is 26.6 Å². The molecule has 0 aliphatic rings. The van der Waals surface area contributed by atoms with Gasteiger partial charge in [0.15, 0.2) is 0 Å². The second-order valence-electron chi connectivity index (χ2n) is 10.7. The average Bonchev–Trinajstić information content (AvgIpc) is 2.89. The van der Waals surface area contributed by atoms with Crippen LogP contribution in [0.4, 0.5) is 0 Å². The van der Waals surface area contributed by atoms with E-state index in [1.807, 2.05) is 57.2 Å². The summed E-state index contributed by atoms with van der Waals surface area (Å²) < 4.78 is 0. The molecule has 0 fully saturated rings. The van der Waals surface area contributed by atoms with Crippen LogP contribution in [0.1, 0.15) is 66.8 Å². The zero-order chi connectivity index (χ0) is 28.0. The quantitative estimate of drug-likeness (QED) is 0.182. The number of aliphatic carboxylic acids is 1. The van der Waals surface area contributed by atoms with E-state index in [9.17, 15) is 15.0 Å². The van der Waals surface area contributed by atoms with Gasteiger partial charge in [0.05, 0.1) is 17.5 Å². The summed E-state index contributed by atoms with van der Waals surface area (Å²) in [5.41, 5.74) is 5.51. The third-order valence-corrected chi connectivity index (χ3v) is 8.62. The molecule has 0 spiro atoms. The fourth-order valence-corrected chi connectivity index (χ4v) is 6.53. The van der Waals surface area contributed by atoms with Crippen LogP contribution in [-0.2, 0) is 29.7 Å². The Morgan fingerprint density at radius 2 is 1.74 bits per heavy atom. The maximum Gasteiger partial charge on any atom is 0.304 e. The number of carbonyl (C=O) groups is 1. The lowest BCUT2D eigenvalue weighted by Crippen LogP contribution is -2.18. The summed E-state index contributed by atoms with van der Waals surface area (Å²) >= 11 is 7.88. The number of aliphatic hydroxyl groups is 1. The van der Waals surface area contributed by atoms with Crippen LogP contribution >= 0.6 is 23.4 Å². The number of carboxylic acid groups (broad SMARTS) is 1. The van der Waals surface area contributed by atoms with Crippen LogP contribution in [0.5, 0.6) is 0 Å². The summed E-state index contributed by atoms with van der Waals surface area (Å²) in [4.78, 5) is 16.2. The number of nitrogens with zero attached hydrogens (tertiary/aromatic N) is 1. The van der Waals surface area contributed by atoms with Gasteiger partial charge in [0.1, 0.15) is 0 Å². The topological polar surface area (TPSA) is 70.4 Å². The smallest absolute Gasteiger partial charge is 0.304 e. The summed E-state index contributed by atoms with van der Waals surface area (Å²) in [6.45, 7) is 5.61. The minimum Gasteiger partial charge on any atom is -0.481 e. The fourth-order valence-electron chi connectivity index (χ4n) is 5.00. The van der Waals surface area contributed by atoms with Gasteiger partial charge < -0.3 is 10.2 Å². The number of halogens is 1. The molecule has 39 heavy (non-hydrogen) atoms. The molecular formula is C33H36ClNO3S. The van der Waals surface area contributed by atoms with Crippen molar-refractivity contribution in [2.75, 3.05) is 0 Å². The van der Waals surface area contributed by atoms with Crippen molar-refractivity contribution in [2.45, 2.75) is 69.0 Å². The summed E-state index contributed by atoms with van der Waals surface area (Å²) in [5, 5.41) is 21.9. The number of pyridine rings is 1. The molecule has 4 rings (SSSR count). The molecule has 1 heterocycles. The highest BCUT2D eigenvalue weighted by Gasteiger charge is 2.22. The first kappa shape index (κ1) is 29.1. The maximum atomic E-state index is 11.4. The highest BCUT2D eigenvalue weighted by molar-refractivity contribution is 8.00. The molecule has 0 unspecified atom stereocenters. The zero-order valence-electron chi connectivity index (χ0n) is 22.7. The van der Waals surface area contributed by atoms with Gasteiger partial charge in [0.2, 0.25) is 0 Å². The van der Waals surface area contributed by atoms with Crippen LogP contribution in [0, 0.1) is 0 Å². The first-order valence-corrected chi connectivity index (χ1v) is 14.7. The lowest BCUT2D eigenvalue weighted by atomic mass is 9.90. The van der Waals surface area contributed by atoms with Crippen LogP contribution in [0.2, 0.25) is 5.02 Å². The molecule has 0 radical (unpaired) electrons. The number of aryl methyl sites for hydroxylation is 3. The van der Waals surface area contributed by atoms with E-state index in [2.05, 4.69) is 42.5 Å². The molecule has 0 aliphatic heterocycles. The van der Waals surface area contributed by atoms with Gasteiger partial charge in [-0.15, -0.1) is 0 Å². The predicted octanol–water partition coefficient (Wildman–Crippen LogP) is 8.17. The van der Waals surface area contributed by atoms with E-state index >= 15 is 0 Å². The van der Waals surface area contributed by atoms with Crippen molar-refractivity contribution in [3.8, 4) is 0 Å². The molecule has 4 nitrogen and oxygen atoms in total. The summed E-state index contributed by atoms with van der Waals surface area (Å²) in [6, 6.07) is 26.6. The molecule has 3 aromatic carbocycles. The van der Waals surface area contributed by atoms with Gasteiger partial charge in [-0.05, 0) is 80.0 Å². The Morgan fingerprint density at radius 1 is 0.974 bits per heavy atom. The number of rotatable bonds is 12. The first-order valence-electron chi connectivity index (χ1n) is 13.4. The third-order valence-electron chi connectivity index (χ3n) is 6.92. The van der Waals surface area contributed by atoms with Gasteiger partial charge in [-0.2, -0.15) is 11.8 Å². The van der Waals surface area contributed by atoms with Crippen molar-refractivity contribution in [3.05, 3.63) is 112 Å². The molecule has 0 bridgehead atoms. The number of hydrogen-bond acceptors (Lipinski definition) is 4. The number of fused-ring (bicyclic) bond motifs is 1. The Morgan fingerprint density at radius 3 is 2.51 bits per heavy atom. The van der Waals surface area contributed by atoms with Crippen molar-refractivity contribution >= 4 is 40.2 Å². The van der Waals surface area contributed by atoms with Crippen molar-refractivity contribution in [1.29, 1.82) is 0 Å². The minimum absolute atomic E-state index is 0.0192. The number of thioether (sulfide) groups is 1. The van der Waals surface area contributed by atoms with E-state index in [1.165, 1.54) is 11.1 Å². The van der Waals surface area contributed by atoms with E-state index in [0.717, 1.165) is 53.4 Å². The molecule has 4 aromatic rings. The van der Waals surface area contributed by atoms with Gasteiger partial charge in [0.25, 0.3) is 0 Å². The molecule has 0 aliphatic carbocycles. The average molecular weight is 562 g/mol. The van der Waals surface area contributed by atoms with Crippen molar-refractivity contribution in [3.63, 3.8) is 0 Å². The highest BCUT2D eigenvalue weighted by Crippen LogP contribution is 2.38. The van der Waals surface area contributed by atoms with Crippen LogP contribution < -0.4 is 0 Å². The lowest BCUT2D eigenvalue weighted by molar-refractivity contribution is -0.136. The molecule has 0 saturated heterocycles. The van der Waals surface area contributed by atoms with Gasteiger partial charge >= 0.3 is 5.97 Å². The zero-order valence-corrected chi connectivity index (χ0v) is 24.3. The molecule has 2 atom stereocenters. The van der Waals surface area contributed by atoms with E-state index in [0.29, 0.717) is 5.02 Å². The molecule has 204 valence electrons. The van der Waals surface area contributed by atoms with Gasteiger partial charge in [-0.25, -0.2) is 0 Å². The maximum absolute atomic E-state index is 11.4. The van der Waals surface area contributed by atoms with Crippen LogP contribution in [0.25, 0.3) is 10.9 Å². The largest absolute Gasteiger partial charge is 0.481 e. The summed E-state index contributed by atoms with van der Waals surface area (Å²) in [7, 11) is 0. The Labute approximate surface area is 240 Å². The van der Waals surface area contributed by atoms with Crippen LogP contribution in [-0.4, -0.2) is 26.4 Å². The summed E-state index contributed by atoms with van der Waals surface area (Å²) in [6.07, 6.45) is 3.44. The fraction of sp³-hybridized carbons (Fsp3) is 0.333. The van der Waals surface area contributed by atoms with E-state index in [-0.39, 0.29) is 16.9 Å². The predicted molar refractivity (Wildman–Crippen MR) is 163 cm³/mol. The van der Waals surface area contributed by atoms with Crippen LogP contribution in [0.3, 0.4) is 0 Å². The molecule has 2 N–H and O–H groups in total. The van der Waals surface area contributed by atoms with Gasteiger partial charge in [-0.1, -0.05) is 79.2 Å². The highest BCUT2D eigenvalue weighted by atomic mass is 35.5. The Bertz CT molecular complexity index is 1430. The Kier molecular flexibility index (Phi) is 9.71.